The number of imidazole rings is 1. The lowest BCUT2D eigenvalue weighted by molar-refractivity contribution is -0.142. The standard InChI is InChI=1S/C21H29N5O3/c1-3-29-19(27)8-10-23-21(28)25-11-5-6-17(14-25)15-26-16(2)12-24-20(26)18-7-4-9-22-13-18/h4,7,9,12-13,17H,3,5-6,8,10-11,14-15H2,1-2H3,(H,23,28). The lowest BCUT2D eigenvalue weighted by Gasteiger charge is -2.33. The Morgan fingerprint density at radius 3 is 2.97 bits per heavy atom. The van der Waals surface area contributed by atoms with E-state index in [1.807, 2.05) is 29.4 Å². The molecule has 0 saturated carbocycles. The van der Waals surface area contributed by atoms with Crippen LogP contribution in [0.3, 0.4) is 0 Å². The number of carbonyl (C=O) groups excluding carboxylic acids is 2. The number of carbonyl (C=O) groups is 2. The second-order valence-electron chi connectivity index (χ2n) is 7.32. The lowest BCUT2D eigenvalue weighted by Crippen LogP contribution is -2.46. The van der Waals surface area contributed by atoms with Gasteiger partial charge in [0.1, 0.15) is 5.82 Å². The number of amides is 2. The number of aryl methyl sites for hydroxylation is 1. The number of hydrogen-bond acceptors (Lipinski definition) is 5. The number of rotatable bonds is 7. The van der Waals surface area contributed by atoms with Crippen LogP contribution in [0.2, 0.25) is 0 Å². The van der Waals surface area contributed by atoms with E-state index in [9.17, 15) is 9.59 Å². The molecule has 0 aromatic carbocycles. The fraction of sp³-hybridized carbons (Fsp3) is 0.524. The zero-order valence-corrected chi connectivity index (χ0v) is 17.1. The fourth-order valence-corrected chi connectivity index (χ4v) is 3.69. The van der Waals surface area contributed by atoms with Gasteiger partial charge in [-0.1, -0.05) is 0 Å². The van der Waals surface area contributed by atoms with Gasteiger partial charge in [0.05, 0.1) is 13.0 Å². The minimum Gasteiger partial charge on any atom is -0.466 e. The van der Waals surface area contributed by atoms with E-state index in [0.29, 0.717) is 25.6 Å². The Morgan fingerprint density at radius 1 is 1.34 bits per heavy atom. The number of aromatic nitrogens is 3. The van der Waals surface area contributed by atoms with Crippen LogP contribution in [-0.2, 0) is 16.1 Å². The van der Waals surface area contributed by atoms with E-state index < -0.39 is 0 Å². The molecule has 156 valence electrons. The van der Waals surface area contributed by atoms with Gasteiger partial charge in [0.15, 0.2) is 0 Å². The molecule has 3 rings (SSSR count). The van der Waals surface area contributed by atoms with Gasteiger partial charge in [-0.2, -0.15) is 0 Å². The van der Waals surface area contributed by atoms with Crippen LogP contribution in [-0.4, -0.2) is 57.7 Å². The Kier molecular flexibility index (Phi) is 7.21. The summed E-state index contributed by atoms with van der Waals surface area (Å²) in [6.45, 7) is 6.71. The molecular formula is C21H29N5O3. The van der Waals surface area contributed by atoms with Crippen molar-refractivity contribution in [1.29, 1.82) is 0 Å². The maximum Gasteiger partial charge on any atom is 0.317 e. The van der Waals surface area contributed by atoms with Gasteiger partial charge in [0.25, 0.3) is 0 Å². The lowest BCUT2D eigenvalue weighted by atomic mass is 9.98. The number of nitrogens with one attached hydrogen (secondary N) is 1. The first-order valence-corrected chi connectivity index (χ1v) is 10.2. The fourth-order valence-electron chi connectivity index (χ4n) is 3.69. The van der Waals surface area contributed by atoms with Crippen LogP contribution in [0.4, 0.5) is 4.79 Å². The summed E-state index contributed by atoms with van der Waals surface area (Å²) in [5.41, 5.74) is 2.09. The Hall–Kier alpha value is -2.90. The first-order valence-electron chi connectivity index (χ1n) is 10.2. The Labute approximate surface area is 171 Å². The van der Waals surface area contributed by atoms with Crippen molar-refractivity contribution in [3.63, 3.8) is 0 Å². The van der Waals surface area contributed by atoms with Gasteiger partial charge in [-0.3, -0.25) is 9.78 Å². The molecule has 0 bridgehead atoms. The first kappa shape index (κ1) is 20.8. The van der Waals surface area contributed by atoms with Crippen LogP contribution >= 0.6 is 0 Å². The van der Waals surface area contributed by atoms with Crippen LogP contribution in [0.15, 0.2) is 30.7 Å². The maximum atomic E-state index is 12.5. The minimum absolute atomic E-state index is 0.117. The zero-order valence-electron chi connectivity index (χ0n) is 17.1. The number of likely N-dealkylation sites (tertiary alicyclic amines) is 1. The van der Waals surface area contributed by atoms with Crippen molar-refractivity contribution in [3.05, 3.63) is 36.4 Å². The monoisotopic (exact) mass is 399 g/mol. The molecule has 2 amide bonds. The SMILES string of the molecule is CCOC(=O)CCNC(=O)N1CCCC(Cn2c(C)cnc2-c2cccnc2)C1. The van der Waals surface area contributed by atoms with Crippen molar-refractivity contribution >= 4 is 12.0 Å². The van der Waals surface area contributed by atoms with Gasteiger partial charge in [-0.25, -0.2) is 9.78 Å². The Morgan fingerprint density at radius 2 is 2.21 bits per heavy atom. The molecule has 1 fully saturated rings. The van der Waals surface area contributed by atoms with Gasteiger partial charge in [-0.05, 0) is 44.7 Å². The molecule has 1 N–H and O–H groups in total. The average Bonchev–Trinajstić information content (AvgIpc) is 3.09. The number of pyridine rings is 1. The summed E-state index contributed by atoms with van der Waals surface area (Å²) >= 11 is 0. The van der Waals surface area contributed by atoms with Crippen LogP contribution in [0.5, 0.6) is 0 Å². The van der Waals surface area contributed by atoms with Crippen molar-refractivity contribution in [3.8, 4) is 11.4 Å². The molecule has 1 saturated heterocycles. The maximum absolute atomic E-state index is 12.5. The van der Waals surface area contributed by atoms with E-state index in [1.54, 1.807) is 13.1 Å². The molecule has 1 aliphatic heterocycles. The summed E-state index contributed by atoms with van der Waals surface area (Å²) in [5.74, 6) is 0.970. The molecule has 1 unspecified atom stereocenters. The van der Waals surface area contributed by atoms with Crippen LogP contribution in [0.25, 0.3) is 11.4 Å². The highest BCUT2D eigenvalue weighted by atomic mass is 16.5. The Balaban J connectivity index is 1.57. The Bertz CT molecular complexity index is 821. The number of piperidine rings is 1. The third-order valence-corrected chi connectivity index (χ3v) is 5.13. The molecule has 0 aliphatic carbocycles. The highest BCUT2D eigenvalue weighted by Crippen LogP contribution is 2.24. The topological polar surface area (TPSA) is 89.4 Å². The number of urea groups is 1. The van der Waals surface area contributed by atoms with Gasteiger partial charge in [0, 0.05) is 56.0 Å². The van der Waals surface area contributed by atoms with E-state index in [-0.39, 0.29) is 18.4 Å². The van der Waals surface area contributed by atoms with E-state index in [2.05, 4.69) is 26.8 Å². The van der Waals surface area contributed by atoms with Crippen molar-refractivity contribution in [2.45, 2.75) is 39.7 Å². The van der Waals surface area contributed by atoms with Gasteiger partial charge in [-0.15, -0.1) is 0 Å². The first-order chi connectivity index (χ1) is 14.1. The number of hydrogen-bond donors (Lipinski definition) is 1. The molecular weight excluding hydrogens is 370 g/mol. The highest BCUT2D eigenvalue weighted by molar-refractivity contribution is 5.75. The summed E-state index contributed by atoms with van der Waals surface area (Å²) in [6.07, 6.45) is 7.68. The van der Waals surface area contributed by atoms with Gasteiger partial charge < -0.3 is 19.5 Å². The highest BCUT2D eigenvalue weighted by Gasteiger charge is 2.25. The predicted molar refractivity (Wildman–Crippen MR) is 109 cm³/mol. The third kappa shape index (κ3) is 5.56. The van der Waals surface area contributed by atoms with E-state index in [4.69, 9.17) is 4.74 Å². The zero-order chi connectivity index (χ0) is 20.6. The van der Waals surface area contributed by atoms with E-state index in [1.165, 1.54) is 0 Å². The van der Waals surface area contributed by atoms with Crippen LogP contribution in [0.1, 0.15) is 31.9 Å². The summed E-state index contributed by atoms with van der Waals surface area (Å²) in [4.78, 5) is 34.5. The molecule has 8 nitrogen and oxygen atoms in total. The second-order valence-corrected chi connectivity index (χ2v) is 7.32. The third-order valence-electron chi connectivity index (χ3n) is 5.13. The molecule has 0 radical (unpaired) electrons. The summed E-state index contributed by atoms with van der Waals surface area (Å²) in [5, 5.41) is 2.83. The van der Waals surface area contributed by atoms with Crippen LogP contribution < -0.4 is 5.32 Å². The molecule has 1 aliphatic rings. The quantitative estimate of drug-likeness (QED) is 0.723. The second kappa shape index (κ2) is 10.0. The minimum atomic E-state index is -0.289. The van der Waals surface area contributed by atoms with Crippen molar-refractivity contribution in [2.75, 3.05) is 26.2 Å². The molecule has 3 heterocycles. The van der Waals surface area contributed by atoms with Crippen LogP contribution in [0, 0.1) is 12.8 Å². The summed E-state index contributed by atoms with van der Waals surface area (Å²) < 4.78 is 7.10. The smallest absolute Gasteiger partial charge is 0.317 e. The van der Waals surface area contributed by atoms with Gasteiger partial charge >= 0.3 is 12.0 Å². The van der Waals surface area contributed by atoms with Crippen molar-refractivity contribution in [1.82, 2.24) is 24.8 Å². The average molecular weight is 399 g/mol. The number of esters is 1. The molecule has 2 aromatic rings. The van der Waals surface area contributed by atoms with Crippen molar-refractivity contribution < 1.29 is 14.3 Å². The molecule has 2 aromatic heterocycles. The molecule has 0 spiro atoms. The summed E-state index contributed by atoms with van der Waals surface area (Å²) in [6, 6.07) is 3.80. The number of ether oxygens (including phenoxy) is 1. The van der Waals surface area contributed by atoms with E-state index in [0.717, 1.165) is 43.0 Å². The number of nitrogens with zero attached hydrogens (tertiary/aromatic N) is 4. The predicted octanol–water partition coefficient (Wildman–Crippen LogP) is 2.63. The molecule has 8 heteroatoms. The van der Waals surface area contributed by atoms with E-state index >= 15 is 0 Å². The molecule has 29 heavy (non-hydrogen) atoms. The molecule has 1 atom stereocenters. The summed E-state index contributed by atoms with van der Waals surface area (Å²) in [7, 11) is 0. The van der Waals surface area contributed by atoms with Crippen molar-refractivity contribution in [2.24, 2.45) is 5.92 Å². The largest absolute Gasteiger partial charge is 0.466 e. The normalized spacial score (nSPS) is 16.5. The van der Waals surface area contributed by atoms with Gasteiger partial charge in [0.2, 0.25) is 0 Å².